The Morgan fingerprint density at radius 2 is 1.71 bits per heavy atom. The van der Waals surface area contributed by atoms with Gasteiger partial charge >= 0.3 is 0 Å². The normalized spacial score (nSPS) is 13.5. The van der Waals surface area contributed by atoms with E-state index in [2.05, 4.69) is 0 Å². The molecule has 0 radical (unpaired) electrons. The Morgan fingerprint density at radius 3 is 2.19 bits per heavy atom. The van der Waals surface area contributed by atoms with Gasteiger partial charge in [-0.1, -0.05) is 6.92 Å². The fourth-order valence-electron chi connectivity index (χ4n) is 2.02. The lowest BCUT2D eigenvalue weighted by molar-refractivity contribution is 0.144. The summed E-state index contributed by atoms with van der Waals surface area (Å²) in [4.78, 5) is 0. The van der Waals surface area contributed by atoms with Crippen molar-refractivity contribution in [3.63, 3.8) is 0 Å². The average molecular weight is 291 g/mol. The number of hydrogen-bond acceptors (Lipinski definition) is 5. The number of hydrogen-bond donors (Lipinski definition) is 1. The van der Waals surface area contributed by atoms with Crippen molar-refractivity contribution in [2.45, 2.75) is 25.5 Å². The maximum Gasteiger partial charge on any atom is 0.171 e. The molecule has 2 aromatic rings. The maximum absolute atomic E-state index is 6.15. The Hall–Kier alpha value is -2.14. The highest BCUT2D eigenvalue weighted by Gasteiger charge is 2.23. The van der Waals surface area contributed by atoms with Gasteiger partial charge in [-0.25, -0.2) is 0 Å². The molecule has 0 aliphatic heterocycles. The molecule has 0 fully saturated rings. The van der Waals surface area contributed by atoms with Crippen LogP contribution in [0.1, 0.15) is 25.2 Å². The van der Waals surface area contributed by atoms with Gasteiger partial charge in [-0.3, -0.25) is 0 Å². The van der Waals surface area contributed by atoms with Crippen LogP contribution in [0.15, 0.2) is 41.0 Å². The molecular formula is C16H21NO4. The lowest BCUT2D eigenvalue weighted by Crippen LogP contribution is -2.31. The van der Waals surface area contributed by atoms with Crippen molar-refractivity contribution < 1.29 is 18.6 Å². The number of methoxy groups -OCH3 is 2. The predicted molar refractivity (Wildman–Crippen MR) is 79.9 cm³/mol. The van der Waals surface area contributed by atoms with Crippen LogP contribution in [0.5, 0.6) is 17.2 Å². The second kappa shape index (κ2) is 7.04. The van der Waals surface area contributed by atoms with Crippen LogP contribution in [0.4, 0.5) is 0 Å². The molecule has 5 heteroatoms. The van der Waals surface area contributed by atoms with Crippen LogP contribution in [0.25, 0.3) is 0 Å². The molecule has 0 aliphatic carbocycles. The van der Waals surface area contributed by atoms with Gasteiger partial charge in [0.15, 0.2) is 6.10 Å². The highest BCUT2D eigenvalue weighted by Crippen LogP contribution is 2.32. The Kier molecular flexibility index (Phi) is 5.11. The van der Waals surface area contributed by atoms with Crippen molar-refractivity contribution >= 4 is 0 Å². The molecular weight excluding hydrogens is 270 g/mol. The Bertz CT molecular complexity index is 531. The first-order valence-corrected chi connectivity index (χ1v) is 6.86. The summed E-state index contributed by atoms with van der Waals surface area (Å²) < 4.78 is 21.9. The van der Waals surface area contributed by atoms with E-state index in [0.29, 0.717) is 23.0 Å². The summed E-state index contributed by atoms with van der Waals surface area (Å²) in [7, 11) is 3.20. The monoisotopic (exact) mass is 291 g/mol. The summed E-state index contributed by atoms with van der Waals surface area (Å²) in [6, 6.07) is 8.88. The quantitative estimate of drug-likeness (QED) is 0.848. The SMILES string of the molecule is CCC(N)C(Oc1cc(OC)cc(OC)c1)c1ccco1. The molecule has 0 spiro atoms. The zero-order valence-electron chi connectivity index (χ0n) is 12.5. The van der Waals surface area contributed by atoms with Gasteiger partial charge in [0.1, 0.15) is 23.0 Å². The van der Waals surface area contributed by atoms with E-state index in [1.54, 1.807) is 38.7 Å². The molecule has 21 heavy (non-hydrogen) atoms. The molecule has 0 bridgehead atoms. The van der Waals surface area contributed by atoms with Crippen LogP contribution >= 0.6 is 0 Å². The first kappa shape index (κ1) is 15.3. The smallest absolute Gasteiger partial charge is 0.171 e. The molecule has 2 rings (SSSR count). The number of furan rings is 1. The second-order valence-electron chi connectivity index (χ2n) is 4.67. The molecule has 114 valence electrons. The lowest BCUT2D eigenvalue weighted by atomic mass is 10.1. The summed E-state index contributed by atoms with van der Waals surface area (Å²) in [5, 5.41) is 0. The molecule has 1 heterocycles. The standard InChI is InChI=1S/C16H21NO4/c1-4-14(17)16(15-6-5-7-20-15)21-13-9-11(18-2)8-12(10-13)19-3/h5-10,14,16H,4,17H2,1-3H3. The molecule has 1 aromatic heterocycles. The summed E-state index contributed by atoms with van der Waals surface area (Å²) in [5.41, 5.74) is 6.15. The molecule has 5 nitrogen and oxygen atoms in total. The van der Waals surface area contributed by atoms with E-state index in [1.165, 1.54) is 0 Å². The van der Waals surface area contributed by atoms with Crippen LogP contribution in [0.2, 0.25) is 0 Å². The van der Waals surface area contributed by atoms with Gasteiger partial charge in [-0.05, 0) is 18.6 Å². The number of benzene rings is 1. The van der Waals surface area contributed by atoms with Crippen LogP contribution in [-0.4, -0.2) is 20.3 Å². The third-order valence-corrected chi connectivity index (χ3v) is 3.27. The Morgan fingerprint density at radius 1 is 1.10 bits per heavy atom. The van der Waals surface area contributed by atoms with Gasteiger partial charge < -0.3 is 24.4 Å². The third kappa shape index (κ3) is 3.70. The maximum atomic E-state index is 6.15. The molecule has 1 aromatic carbocycles. The van der Waals surface area contributed by atoms with E-state index >= 15 is 0 Å². The third-order valence-electron chi connectivity index (χ3n) is 3.27. The zero-order valence-corrected chi connectivity index (χ0v) is 12.5. The van der Waals surface area contributed by atoms with Gasteiger partial charge in [0.05, 0.1) is 20.5 Å². The van der Waals surface area contributed by atoms with Gasteiger partial charge in [0.25, 0.3) is 0 Å². The van der Waals surface area contributed by atoms with E-state index < -0.39 is 0 Å². The number of nitrogens with two attached hydrogens (primary N) is 1. The summed E-state index contributed by atoms with van der Waals surface area (Å²) in [6.45, 7) is 2.01. The molecule has 0 aliphatic rings. The van der Waals surface area contributed by atoms with Crippen molar-refractivity contribution in [1.29, 1.82) is 0 Å². The van der Waals surface area contributed by atoms with E-state index in [1.807, 2.05) is 19.1 Å². The van der Waals surface area contributed by atoms with Crippen LogP contribution < -0.4 is 19.9 Å². The molecule has 0 saturated heterocycles. The molecule has 2 atom stereocenters. The van der Waals surface area contributed by atoms with Gasteiger partial charge in [0, 0.05) is 24.2 Å². The predicted octanol–water partition coefficient (Wildman–Crippen LogP) is 3.15. The minimum atomic E-state index is -0.359. The summed E-state index contributed by atoms with van der Waals surface area (Å²) >= 11 is 0. The Labute approximate surface area is 124 Å². The van der Waals surface area contributed by atoms with Crippen molar-refractivity contribution in [2.24, 2.45) is 5.73 Å². The average Bonchev–Trinajstić information content (AvgIpc) is 3.05. The van der Waals surface area contributed by atoms with Gasteiger partial charge in [-0.2, -0.15) is 0 Å². The van der Waals surface area contributed by atoms with E-state index in [9.17, 15) is 0 Å². The minimum Gasteiger partial charge on any atom is -0.496 e. The lowest BCUT2D eigenvalue weighted by Gasteiger charge is -2.23. The molecule has 2 unspecified atom stereocenters. The fourth-order valence-corrected chi connectivity index (χ4v) is 2.02. The Balaban J connectivity index is 2.28. The highest BCUT2D eigenvalue weighted by atomic mass is 16.5. The molecule has 0 amide bonds. The van der Waals surface area contributed by atoms with Crippen LogP contribution in [0, 0.1) is 0 Å². The topological polar surface area (TPSA) is 66.9 Å². The highest BCUT2D eigenvalue weighted by molar-refractivity contribution is 5.42. The van der Waals surface area contributed by atoms with E-state index in [0.717, 1.165) is 6.42 Å². The first-order valence-electron chi connectivity index (χ1n) is 6.86. The van der Waals surface area contributed by atoms with Crippen LogP contribution in [0.3, 0.4) is 0 Å². The number of ether oxygens (including phenoxy) is 3. The van der Waals surface area contributed by atoms with E-state index in [4.69, 9.17) is 24.4 Å². The van der Waals surface area contributed by atoms with E-state index in [-0.39, 0.29) is 12.1 Å². The first-order chi connectivity index (χ1) is 10.2. The zero-order chi connectivity index (χ0) is 15.2. The molecule has 0 saturated carbocycles. The van der Waals surface area contributed by atoms with Crippen molar-refractivity contribution in [3.05, 3.63) is 42.4 Å². The van der Waals surface area contributed by atoms with Crippen molar-refractivity contribution in [1.82, 2.24) is 0 Å². The molecule has 2 N–H and O–H groups in total. The van der Waals surface area contributed by atoms with Crippen LogP contribution in [-0.2, 0) is 0 Å². The largest absolute Gasteiger partial charge is 0.496 e. The summed E-state index contributed by atoms with van der Waals surface area (Å²) in [5.74, 6) is 2.64. The summed E-state index contributed by atoms with van der Waals surface area (Å²) in [6.07, 6.45) is 2.02. The van der Waals surface area contributed by atoms with Crippen molar-refractivity contribution in [2.75, 3.05) is 14.2 Å². The number of rotatable bonds is 7. The van der Waals surface area contributed by atoms with Gasteiger partial charge in [0.2, 0.25) is 0 Å². The fraction of sp³-hybridized carbons (Fsp3) is 0.375. The van der Waals surface area contributed by atoms with Gasteiger partial charge in [-0.15, -0.1) is 0 Å². The van der Waals surface area contributed by atoms with Crippen molar-refractivity contribution in [3.8, 4) is 17.2 Å². The minimum absolute atomic E-state index is 0.173. The second-order valence-corrected chi connectivity index (χ2v) is 4.67.